The molecule has 15 heavy (non-hydrogen) atoms. The van der Waals surface area contributed by atoms with Crippen LogP contribution in [0, 0.1) is 0 Å². The van der Waals surface area contributed by atoms with Crippen LogP contribution in [-0.4, -0.2) is 18.5 Å². The smallest absolute Gasteiger partial charge is 0.243 e. The number of para-hydroxylation sites is 1. The molecule has 1 aliphatic heterocycles. The summed E-state index contributed by atoms with van der Waals surface area (Å²) in [7, 11) is 0. The molecule has 2 N–H and O–H groups in total. The Morgan fingerprint density at radius 3 is 2.80 bits per heavy atom. The number of hydrogen-bond donors (Lipinski definition) is 1. The van der Waals surface area contributed by atoms with E-state index in [2.05, 4.69) is 13.0 Å². The average molecular weight is 204 g/mol. The number of nitrogens with zero attached hydrogens (tertiary/aromatic N) is 1. The second kappa shape index (κ2) is 4.03. The maximum absolute atomic E-state index is 11.8. The summed E-state index contributed by atoms with van der Waals surface area (Å²) in [6.45, 7) is 2.84. The lowest BCUT2D eigenvalue weighted by molar-refractivity contribution is -0.118. The topological polar surface area (TPSA) is 46.3 Å². The molecule has 0 bridgehead atoms. The zero-order valence-electron chi connectivity index (χ0n) is 8.94. The Bertz CT molecular complexity index is 376. The zero-order valence-corrected chi connectivity index (χ0v) is 8.94. The Labute approximate surface area is 89.9 Å². The molecular weight excluding hydrogens is 188 g/mol. The molecule has 1 aliphatic rings. The van der Waals surface area contributed by atoms with E-state index in [-0.39, 0.29) is 11.9 Å². The molecule has 1 saturated heterocycles. The van der Waals surface area contributed by atoms with E-state index in [0.29, 0.717) is 0 Å². The summed E-state index contributed by atoms with van der Waals surface area (Å²) in [5.41, 5.74) is 7.94. The van der Waals surface area contributed by atoms with Crippen molar-refractivity contribution in [1.29, 1.82) is 0 Å². The Balaban J connectivity index is 2.33. The first-order valence-corrected chi connectivity index (χ1v) is 5.39. The van der Waals surface area contributed by atoms with Crippen LogP contribution in [0.4, 0.5) is 5.69 Å². The maximum Gasteiger partial charge on any atom is 0.243 e. The summed E-state index contributed by atoms with van der Waals surface area (Å²) in [5, 5.41) is 0. The highest BCUT2D eigenvalue weighted by Gasteiger charge is 2.30. The van der Waals surface area contributed by atoms with Gasteiger partial charge in [0.05, 0.1) is 6.04 Å². The highest BCUT2D eigenvalue weighted by Crippen LogP contribution is 2.25. The lowest BCUT2D eigenvalue weighted by Gasteiger charge is -2.19. The van der Waals surface area contributed by atoms with Crippen molar-refractivity contribution in [3.05, 3.63) is 29.8 Å². The van der Waals surface area contributed by atoms with E-state index >= 15 is 0 Å². The SMILES string of the molecule is CCc1ccccc1N1CCC(N)C1=O. The van der Waals surface area contributed by atoms with Crippen molar-refractivity contribution in [2.75, 3.05) is 11.4 Å². The minimum absolute atomic E-state index is 0.0518. The normalized spacial score (nSPS) is 21.1. The van der Waals surface area contributed by atoms with Gasteiger partial charge in [-0.05, 0) is 24.5 Å². The van der Waals surface area contributed by atoms with E-state index in [9.17, 15) is 4.79 Å². The van der Waals surface area contributed by atoms with Crippen molar-refractivity contribution in [2.45, 2.75) is 25.8 Å². The van der Waals surface area contributed by atoms with Crippen molar-refractivity contribution in [2.24, 2.45) is 5.73 Å². The predicted molar refractivity (Wildman–Crippen MR) is 60.8 cm³/mol. The van der Waals surface area contributed by atoms with Gasteiger partial charge < -0.3 is 10.6 Å². The Kier molecular flexibility index (Phi) is 2.73. The van der Waals surface area contributed by atoms with E-state index in [1.165, 1.54) is 5.56 Å². The van der Waals surface area contributed by atoms with Crippen molar-refractivity contribution in [1.82, 2.24) is 0 Å². The summed E-state index contributed by atoms with van der Waals surface area (Å²) in [4.78, 5) is 13.6. The van der Waals surface area contributed by atoms with Crippen molar-refractivity contribution in [3.8, 4) is 0 Å². The Morgan fingerprint density at radius 2 is 2.20 bits per heavy atom. The highest BCUT2D eigenvalue weighted by molar-refractivity contribution is 5.99. The fourth-order valence-electron chi connectivity index (χ4n) is 2.01. The number of aryl methyl sites for hydroxylation is 1. The van der Waals surface area contributed by atoms with Gasteiger partial charge >= 0.3 is 0 Å². The lowest BCUT2D eigenvalue weighted by Crippen LogP contribution is -2.34. The molecular formula is C12H16N2O. The fraction of sp³-hybridized carbons (Fsp3) is 0.417. The van der Waals surface area contributed by atoms with Gasteiger partial charge in [0.15, 0.2) is 0 Å². The van der Waals surface area contributed by atoms with Gasteiger partial charge in [0.1, 0.15) is 0 Å². The Morgan fingerprint density at radius 1 is 1.47 bits per heavy atom. The van der Waals surface area contributed by atoms with Crippen LogP contribution in [0.1, 0.15) is 18.9 Å². The molecule has 2 rings (SSSR count). The third-order valence-electron chi connectivity index (χ3n) is 2.91. The first-order chi connectivity index (χ1) is 7.24. The molecule has 3 nitrogen and oxygen atoms in total. The molecule has 1 heterocycles. The van der Waals surface area contributed by atoms with Gasteiger partial charge in [-0.3, -0.25) is 4.79 Å². The average Bonchev–Trinajstić information content (AvgIpc) is 2.60. The maximum atomic E-state index is 11.8. The summed E-state index contributed by atoms with van der Waals surface area (Å²) in [6, 6.07) is 7.71. The summed E-state index contributed by atoms with van der Waals surface area (Å²) < 4.78 is 0. The van der Waals surface area contributed by atoms with Gasteiger partial charge in [-0.1, -0.05) is 25.1 Å². The molecule has 1 fully saturated rings. The predicted octanol–water partition coefficient (Wildman–Crippen LogP) is 1.31. The minimum atomic E-state index is -0.310. The van der Waals surface area contributed by atoms with Crippen LogP contribution < -0.4 is 10.6 Å². The number of hydrogen-bond acceptors (Lipinski definition) is 2. The van der Waals surface area contributed by atoms with Crippen LogP contribution in [0.5, 0.6) is 0 Å². The summed E-state index contributed by atoms with van der Waals surface area (Å²) >= 11 is 0. The van der Waals surface area contributed by atoms with E-state index in [1.807, 2.05) is 23.1 Å². The van der Waals surface area contributed by atoms with E-state index in [0.717, 1.165) is 25.1 Å². The summed E-state index contributed by atoms with van der Waals surface area (Å²) in [5.74, 6) is 0.0518. The number of rotatable bonds is 2. The van der Waals surface area contributed by atoms with Crippen LogP contribution in [0.3, 0.4) is 0 Å². The van der Waals surface area contributed by atoms with Crippen molar-refractivity contribution < 1.29 is 4.79 Å². The molecule has 1 amide bonds. The molecule has 1 unspecified atom stereocenters. The van der Waals surface area contributed by atoms with Crippen LogP contribution >= 0.6 is 0 Å². The van der Waals surface area contributed by atoms with Crippen molar-refractivity contribution >= 4 is 11.6 Å². The molecule has 0 spiro atoms. The lowest BCUT2D eigenvalue weighted by atomic mass is 10.1. The molecule has 1 aromatic carbocycles. The first kappa shape index (κ1) is 10.2. The molecule has 0 aliphatic carbocycles. The molecule has 0 aromatic heterocycles. The number of anilines is 1. The molecule has 80 valence electrons. The van der Waals surface area contributed by atoms with Crippen LogP contribution in [0.15, 0.2) is 24.3 Å². The third-order valence-corrected chi connectivity index (χ3v) is 2.91. The second-order valence-corrected chi connectivity index (χ2v) is 3.87. The van der Waals surface area contributed by atoms with Gasteiger partial charge in [0.2, 0.25) is 5.91 Å². The van der Waals surface area contributed by atoms with Crippen LogP contribution in [0.25, 0.3) is 0 Å². The fourth-order valence-corrected chi connectivity index (χ4v) is 2.01. The quantitative estimate of drug-likeness (QED) is 0.789. The molecule has 0 saturated carbocycles. The standard InChI is InChI=1S/C12H16N2O/c1-2-9-5-3-4-6-11(9)14-8-7-10(13)12(14)15/h3-6,10H,2,7-8,13H2,1H3. The number of carbonyl (C=O) groups is 1. The summed E-state index contributed by atoms with van der Waals surface area (Å²) in [6.07, 6.45) is 1.70. The molecule has 3 heteroatoms. The van der Waals surface area contributed by atoms with Gasteiger partial charge in [0, 0.05) is 12.2 Å². The number of carbonyl (C=O) groups excluding carboxylic acids is 1. The van der Waals surface area contributed by atoms with E-state index in [1.54, 1.807) is 0 Å². The van der Waals surface area contributed by atoms with Gasteiger partial charge in [0.25, 0.3) is 0 Å². The second-order valence-electron chi connectivity index (χ2n) is 3.87. The highest BCUT2D eigenvalue weighted by atomic mass is 16.2. The zero-order chi connectivity index (χ0) is 10.8. The number of amides is 1. The van der Waals surface area contributed by atoms with Gasteiger partial charge in [-0.25, -0.2) is 0 Å². The molecule has 1 atom stereocenters. The third kappa shape index (κ3) is 1.75. The van der Waals surface area contributed by atoms with E-state index in [4.69, 9.17) is 5.73 Å². The largest absolute Gasteiger partial charge is 0.320 e. The number of nitrogens with two attached hydrogens (primary N) is 1. The van der Waals surface area contributed by atoms with Crippen LogP contribution in [0.2, 0.25) is 0 Å². The first-order valence-electron chi connectivity index (χ1n) is 5.39. The van der Waals surface area contributed by atoms with Gasteiger partial charge in [-0.15, -0.1) is 0 Å². The monoisotopic (exact) mass is 204 g/mol. The van der Waals surface area contributed by atoms with Crippen molar-refractivity contribution in [3.63, 3.8) is 0 Å². The Hall–Kier alpha value is -1.35. The minimum Gasteiger partial charge on any atom is -0.320 e. The molecule has 0 radical (unpaired) electrons. The molecule has 1 aromatic rings. The number of benzene rings is 1. The van der Waals surface area contributed by atoms with E-state index < -0.39 is 0 Å². The van der Waals surface area contributed by atoms with Crippen LogP contribution in [-0.2, 0) is 11.2 Å². The van der Waals surface area contributed by atoms with Gasteiger partial charge in [-0.2, -0.15) is 0 Å².